The quantitative estimate of drug-likeness (QED) is 0.687. The van der Waals surface area contributed by atoms with Crippen LogP contribution in [0.5, 0.6) is 0 Å². The molecule has 0 rings (SSSR count). The molecule has 78 valence electrons. The van der Waals surface area contributed by atoms with Crippen molar-refractivity contribution in [2.75, 3.05) is 13.6 Å². The van der Waals surface area contributed by atoms with Crippen molar-refractivity contribution in [1.29, 1.82) is 0 Å². The third-order valence-corrected chi connectivity index (χ3v) is 2.79. The Morgan fingerprint density at radius 1 is 1.46 bits per heavy atom. The maximum Gasteiger partial charge on any atom is 0.0151 e. The zero-order chi connectivity index (χ0) is 10.5. The average molecular weight is 184 g/mol. The number of rotatable bonds is 5. The van der Waals surface area contributed by atoms with E-state index in [1.165, 1.54) is 0 Å². The second kappa shape index (κ2) is 5.28. The third kappa shape index (κ3) is 4.94. The molecule has 0 fully saturated rings. The highest BCUT2D eigenvalue weighted by Crippen LogP contribution is 2.31. The van der Waals surface area contributed by atoms with Gasteiger partial charge in [-0.25, -0.2) is 0 Å². The number of nitrogens with two attached hydrogens (primary N) is 1. The smallest absolute Gasteiger partial charge is 0.0151 e. The normalized spacial score (nSPS) is 13.8. The van der Waals surface area contributed by atoms with Gasteiger partial charge in [-0.05, 0) is 24.8 Å². The summed E-state index contributed by atoms with van der Waals surface area (Å²) in [5.74, 6) is 0.661. The first kappa shape index (κ1) is 12.5. The summed E-state index contributed by atoms with van der Waals surface area (Å²) >= 11 is 0. The highest BCUT2D eigenvalue weighted by atomic mass is 14.8. The highest BCUT2D eigenvalue weighted by Gasteiger charge is 2.22. The highest BCUT2D eigenvalue weighted by molar-refractivity contribution is 5.01. The lowest BCUT2D eigenvalue weighted by molar-refractivity contribution is 0.246. The van der Waals surface area contributed by atoms with Crippen molar-refractivity contribution in [3.8, 4) is 0 Å². The second-order valence-corrected chi connectivity index (χ2v) is 4.66. The molecule has 2 nitrogen and oxygen atoms in total. The van der Waals surface area contributed by atoms with E-state index in [-0.39, 0.29) is 0 Å². The number of likely N-dealkylation sites (N-methyl/N-ethyl adjacent to an activating group) is 1. The fourth-order valence-electron chi connectivity index (χ4n) is 1.04. The van der Waals surface area contributed by atoms with Crippen molar-refractivity contribution >= 4 is 0 Å². The molecule has 3 N–H and O–H groups in total. The Hall–Kier alpha value is -0.500. The lowest BCUT2D eigenvalue weighted by Crippen LogP contribution is -2.22. The molecule has 0 bridgehead atoms. The van der Waals surface area contributed by atoms with Crippen LogP contribution in [0.1, 0.15) is 34.1 Å². The van der Waals surface area contributed by atoms with Gasteiger partial charge in [0, 0.05) is 12.2 Å². The Balaban J connectivity index is 4.10. The molecule has 0 radical (unpaired) electrons. The molecule has 0 saturated heterocycles. The molecule has 0 aromatic carbocycles. The molecule has 0 aromatic heterocycles. The van der Waals surface area contributed by atoms with Crippen LogP contribution >= 0.6 is 0 Å². The summed E-state index contributed by atoms with van der Waals surface area (Å²) in [5, 5.41) is 3.06. The Kier molecular flexibility index (Phi) is 5.07. The summed E-state index contributed by atoms with van der Waals surface area (Å²) in [6.07, 6.45) is 3.04. The number of hydrogen-bond acceptors (Lipinski definition) is 2. The molecule has 0 aromatic rings. The molecule has 0 aliphatic heterocycles. The summed E-state index contributed by atoms with van der Waals surface area (Å²) < 4.78 is 0. The molecule has 0 aliphatic carbocycles. The van der Waals surface area contributed by atoms with Crippen molar-refractivity contribution < 1.29 is 0 Å². The van der Waals surface area contributed by atoms with Crippen LogP contribution in [0, 0.1) is 11.3 Å². The van der Waals surface area contributed by atoms with Crippen LogP contribution in [0.2, 0.25) is 0 Å². The molecular formula is C11H24N2. The molecule has 0 saturated carbocycles. The van der Waals surface area contributed by atoms with E-state index >= 15 is 0 Å². The molecule has 0 spiro atoms. The van der Waals surface area contributed by atoms with E-state index in [4.69, 9.17) is 5.73 Å². The Morgan fingerprint density at radius 2 is 2.00 bits per heavy atom. The van der Waals surface area contributed by atoms with Crippen LogP contribution in [0.3, 0.4) is 0 Å². The van der Waals surface area contributed by atoms with Gasteiger partial charge in [-0.3, -0.25) is 0 Å². The molecule has 0 aliphatic rings. The maximum absolute atomic E-state index is 5.90. The number of nitrogens with one attached hydrogen (secondary N) is 1. The third-order valence-electron chi connectivity index (χ3n) is 2.79. The second-order valence-electron chi connectivity index (χ2n) is 4.66. The van der Waals surface area contributed by atoms with Gasteiger partial charge in [0.1, 0.15) is 0 Å². The van der Waals surface area contributed by atoms with Gasteiger partial charge in [0.2, 0.25) is 0 Å². The van der Waals surface area contributed by atoms with Crippen LogP contribution in [0.25, 0.3) is 0 Å². The van der Waals surface area contributed by atoms with Crippen LogP contribution < -0.4 is 11.1 Å². The SMILES string of the molecule is CNC/C=C(\N)CC(C)(C)C(C)C. The zero-order valence-corrected chi connectivity index (χ0v) is 9.65. The van der Waals surface area contributed by atoms with Crippen LogP contribution in [0.15, 0.2) is 11.8 Å². The monoisotopic (exact) mass is 184 g/mol. The molecule has 0 heterocycles. The van der Waals surface area contributed by atoms with E-state index in [1.807, 2.05) is 7.05 Å². The van der Waals surface area contributed by atoms with E-state index in [2.05, 4.69) is 39.1 Å². The van der Waals surface area contributed by atoms with Gasteiger partial charge in [-0.2, -0.15) is 0 Å². The maximum atomic E-state index is 5.90. The predicted molar refractivity (Wildman–Crippen MR) is 59.4 cm³/mol. The number of hydrogen-bond donors (Lipinski definition) is 2. The van der Waals surface area contributed by atoms with Crippen LogP contribution in [-0.4, -0.2) is 13.6 Å². The van der Waals surface area contributed by atoms with Crippen LogP contribution in [0.4, 0.5) is 0 Å². The first-order chi connectivity index (χ1) is 5.90. The number of allylic oxidation sites excluding steroid dienone is 1. The Bertz CT molecular complexity index is 169. The summed E-state index contributed by atoms with van der Waals surface area (Å²) in [5.41, 5.74) is 7.20. The van der Waals surface area contributed by atoms with Crippen molar-refractivity contribution in [3.05, 3.63) is 11.8 Å². The molecule has 0 atom stereocenters. The topological polar surface area (TPSA) is 38.0 Å². The summed E-state index contributed by atoms with van der Waals surface area (Å²) in [6.45, 7) is 9.87. The molecule has 0 unspecified atom stereocenters. The first-order valence-electron chi connectivity index (χ1n) is 4.99. The van der Waals surface area contributed by atoms with Crippen molar-refractivity contribution in [2.24, 2.45) is 17.1 Å². The average Bonchev–Trinajstić information content (AvgIpc) is 1.99. The van der Waals surface area contributed by atoms with Gasteiger partial charge in [-0.1, -0.05) is 33.8 Å². The summed E-state index contributed by atoms with van der Waals surface area (Å²) in [4.78, 5) is 0. The van der Waals surface area contributed by atoms with E-state index in [0.29, 0.717) is 11.3 Å². The fraction of sp³-hybridized carbons (Fsp3) is 0.818. The fourth-order valence-corrected chi connectivity index (χ4v) is 1.04. The Labute approximate surface area is 82.6 Å². The van der Waals surface area contributed by atoms with Crippen molar-refractivity contribution in [3.63, 3.8) is 0 Å². The van der Waals surface area contributed by atoms with Gasteiger partial charge in [0.05, 0.1) is 0 Å². The van der Waals surface area contributed by atoms with Crippen LogP contribution in [-0.2, 0) is 0 Å². The first-order valence-corrected chi connectivity index (χ1v) is 4.99. The molecule has 2 heteroatoms. The standard InChI is InChI=1S/C11H24N2/c1-9(2)11(3,4)8-10(12)6-7-13-5/h6,9,13H,7-8,12H2,1-5H3/b10-6-. The minimum Gasteiger partial charge on any atom is -0.402 e. The van der Waals surface area contributed by atoms with E-state index < -0.39 is 0 Å². The minimum atomic E-state index is 0.300. The summed E-state index contributed by atoms with van der Waals surface area (Å²) in [6, 6.07) is 0. The van der Waals surface area contributed by atoms with Gasteiger partial charge >= 0.3 is 0 Å². The van der Waals surface area contributed by atoms with E-state index in [0.717, 1.165) is 18.7 Å². The molecule has 13 heavy (non-hydrogen) atoms. The zero-order valence-electron chi connectivity index (χ0n) is 9.65. The lowest BCUT2D eigenvalue weighted by atomic mass is 9.77. The van der Waals surface area contributed by atoms with E-state index in [1.54, 1.807) is 0 Å². The van der Waals surface area contributed by atoms with Gasteiger partial charge in [-0.15, -0.1) is 0 Å². The minimum absolute atomic E-state index is 0.300. The largest absolute Gasteiger partial charge is 0.402 e. The van der Waals surface area contributed by atoms with Crippen molar-refractivity contribution in [1.82, 2.24) is 5.32 Å². The van der Waals surface area contributed by atoms with Gasteiger partial charge in [0.15, 0.2) is 0 Å². The summed E-state index contributed by atoms with van der Waals surface area (Å²) in [7, 11) is 1.93. The van der Waals surface area contributed by atoms with Gasteiger partial charge in [0.25, 0.3) is 0 Å². The van der Waals surface area contributed by atoms with E-state index in [9.17, 15) is 0 Å². The molecular weight excluding hydrogens is 160 g/mol. The Morgan fingerprint density at radius 3 is 2.38 bits per heavy atom. The predicted octanol–water partition coefficient (Wildman–Crippen LogP) is 2.12. The molecule has 0 amide bonds. The van der Waals surface area contributed by atoms with Crippen molar-refractivity contribution in [2.45, 2.75) is 34.1 Å². The lowest BCUT2D eigenvalue weighted by Gasteiger charge is -2.29. The van der Waals surface area contributed by atoms with Gasteiger partial charge < -0.3 is 11.1 Å².